The SMILES string of the molecule is CCCCCCCCC(=O)N(CC(=O)N(Cc1ccc2c(c1)OCO2)Cc1ccc(C)o1)C[C@H]1CCCO1. The molecule has 38 heavy (non-hydrogen) atoms. The van der Waals surface area contributed by atoms with Crippen LogP contribution >= 0.6 is 0 Å². The van der Waals surface area contributed by atoms with Crippen molar-refractivity contribution in [3.8, 4) is 11.5 Å². The Kier molecular flexibility index (Phi) is 10.5. The Bertz CT molecular complexity index is 1050. The van der Waals surface area contributed by atoms with Gasteiger partial charge in [-0.1, -0.05) is 45.1 Å². The van der Waals surface area contributed by atoms with E-state index in [0.717, 1.165) is 43.4 Å². The maximum Gasteiger partial charge on any atom is 0.242 e. The van der Waals surface area contributed by atoms with Crippen LogP contribution in [0.2, 0.25) is 0 Å². The minimum Gasteiger partial charge on any atom is -0.464 e. The maximum absolute atomic E-state index is 13.7. The van der Waals surface area contributed by atoms with Crippen LogP contribution in [-0.4, -0.2) is 54.2 Å². The first-order chi connectivity index (χ1) is 18.5. The number of fused-ring (bicyclic) bond motifs is 1. The fourth-order valence-corrected chi connectivity index (χ4v) is 5.02. The van der Waals surface area contributed by atoms with Crippen LogP contribution in [0.4, 0.5) is 0 Å². The number of hydrogen-bond acceptors (Lipinski definition) is 6. The quantitative estimate of drug-likeness (QED) is 0.281. The lowest BCUT2D eigenvalue weighted by Gasteiger charge is -2.29. The number of benzene rings is 1. The van der Waals surface area contributed by atoms with Crippen LogP contribution < -0.4 is 9.47 Å². The van der Waals surface area contributed by atoms with Gasteiger partial charge in [-0.15, -0.1) is 0 Å². The van der Waals surface area contributed by atoms with Crippen molar-refractivity contribution in [2.45, 2.75) is 90.8 Å². The molecule has 2 amide bonds. The number of furan rings is 1. The maximum atomic E-state index is 13.7. The average Bonchev–Trinajstić information content (AvgIpc) is 3.67. The minimum absolute atomic E-state index is 0.00802. The molecule has 0 bridgehead atoms. The van der Waals surface area contributed by atoms with Gasteiger partial charge in [0.2, 0.25) is 18.6 Å². The Labute approximate surface area is 226 Å². The van der Waals surface area contributed by atoms with Crippen LogP contribution in [0.5, 0.6) is 11.5 Å². The second-order valence-electron chi connectivity index (χ2n) is 10.4. The topological polar surface area (TPSA) is 81.5 Å². The molecular formula is C30H42N2O6. The molecule has 1 atom stereocenters. The van der Waals surface area contributed by atoms with Gasteiger partial charge in [-0.2, -0.15) is 0 Å². The van der Waals surface area contributed by atoms with E-state index in [1.807, 2.05) is 37.3 Å². The van der Waals surface area contributed by atoms with E-state index in [1.54, 1.807) is 9.80 Å². The largest absolute Gasteiger partial charge is 0.464 e. The highest BCUT2D eigenvalue weighted by molar-refractivity contribution is 5.85. The number of nitrogens with zero attached hydrogens (tertiary/aromatic N) is 2. The normalized spacial score (nSPS) is 16.1. The molecule has 1 aromatic carbocycles. The molecule has 0 aliphatic carbocycles. The van der Waals surface area contributed by atoms with E-state index >= 15 is 0 Å². The van der Waals surface area contributed by atoms with Gasteiger partial charge in [0.05, 0.1) is 19.2 Å². The molecule has 3 heterocycles. The second-order valence-corrected chi connectivity index (χ2v) is 10.4. The van der Waals surface area contributed by atoms with E-state index in [4.69, 9.17) is 18.6 Å². The van der Waals surface area contributed by atoms with Crippen molar-refractivity contribution in [3.63, 3.8) is 0 Å². The standard InChI is InChI=1S/C30H42N2O6/c1-3-4-5-6-7-8-11-29(33)32(19-25-10-9-16-35-25)21-30(34)31(20-26-14-12-23(2)38-26)18-24-13-15-27-28(17-24)37-22-36-27/h12-15,17,25H,3-11,16,18-22H2,1-2H3/t25-/m1/s1. The zero-order chi connectivity index (χ0) is 26.7. The van der Waals surface area contributed by atoms with E-state index in [-0.39, 0.29) is 31.3 Å². The molecule has 208 valence electrons. The van der Waals surface area contributed by atoms with Gasteiger partial charge in [-0.05, 0) is 56.0 Å². The zero-order valence-electron chi connectivity index (χ0n) is 22.9. The fraction of sp³-hybridized carbons (Fsp3) is 0.600. The smallest absolute Gasteiger partial charge is 0.242 e. The molecule has 2 aliphatic rings. The number of ether oxygens (including phenoxy) is 3. The number of amides is 2. The van der Waals surface area contributed by atoms with Gasteiger partial charge in [0.1, 0.15) is 11.5 Å². The average molecular weight is 527 g/mol. The van der Waals surface area contributed by atoms with Gasteiger partial charge in [0.15, 0.2) is 11.5 Å². The van der Waals surface area contributed by atoms with E-state index in [1.165, 1.54) is 19.3 Å². The van der Waals surface area contributed by atoms with Crippen LogP contribution in [0.3, 0.4) is 0 Å². The number of carbonyl (C=O) groups excluding carboxylic acids is 2. The highest BCUT2D eigenvalue weighted by Gasteiger charge is 2.27. The van der Waals surface area contributed by atoms with Gasteiger partial charge in [0, 0.05) is 26.1 Å². The summed E-state index contributed by atoms with van der Waals surface area (Å²) in [6, 6.07) is 9.50. The first-order valence-electron chi connectivity index (χ1n) is 14.1. The lowest BCUT2D eigenvalue weighted by molar-refractivity contribution is -0.142. The Hall–Kier alpha value is -3.00. The van der Waals surface area contributed by atoms with Gasteiger partial charge < -0.3 is 28.4 Å². The van der Waals surface area contributed by atoms with Crippen molar-refractivity contribution in [3.05, 3.63) is 47.4 Å². The van der Waals surface area contributed by atoms with Crippen LogP contribution in [0, 0.1) is 6.92 Å². The molecule has 0 unspecified atom stereocenters. The Morgan fingerprint density at radius 2 is 1.74 bits per heavy atom. The van der Waals surface area contributed by atoms with Gasteiger partial charge in [-0.25, -0.2) is 0 Å². The molecule has 0 spiro atoms. The van der Waals surface area contributed by atoms with Crippen LogP contribution in [0.25, 0.3) is 0 Å². The number of carbonyl (C=O) groups is 2. The fourth-order valence-electron chi connectivity index (χ4n) is 5.02. The zero-order valence-corrected chi connectivity index (χ0v) is 22.9. The molecule has 0 saturated carbocycles. The predicted molar refractivity (Wildman–Crippen MR) is 144 cm³/mol. The predicted octanol–water partition coefficient (Wildman–Crippen LogP) is 5.60. The molecule has 1 fully saturated rings. The molecule has 2 aromatic rings. The Morgan fingerprint density at radius 1 is 0.921 bits per heavy atom. The summed E-state index contributed by atoms with van der Waals surface area (Å²) in [5.74, 6) is 2.80. The molecule has 0 radical (unpaired) electrons. The lowest BCUT2D eigenvalue weighted by atomic mass is 10.1. The Balaban J connectivity index is 1.43. The minimum atomic E-state index is -0.119. The first-order valence-corrected chi connectivity index (χ1v) is 14.1. The van der Waals surface area contributed by atoms with Crippen molar-refractivity contribution in [1.29, 1.82) is 0 Å². The monoisotopic (exact) mass is 526 g/mol. The summed E-state index contributed by atoms with van der Waals surface area (Å²) in [6.07, 6.45) is 9.07. The molecule has 1 aromatic heterocycles. The Morgan fingerprint density at radius 3 is 2.50 bits per heavy atom. The summed E-state index contributed by atoms with van der Waals surface area (Å²) < 4.78 is 22.6. The summed E-state index contributed by atoms with van der Waals surface area (Å²) in [5.41, 5.74) is 0.926. The van der Waals surface area contributed by atoms with Crippen LogP contribution in [0.1, 0.15) is 81.8 Å². The second kappa shape index (κ2) is 14.2. The van der Waals surface area contributed by atoms with Crippen molar-refractivity contribution in [2.24, 2.45) is 0 Å². The molecule has 8 nitrogen and oxygen atoms in total. The molecule has 1 saturated heterocycles. The first kappa shape index (κ1) is 28.0. The van der Waals surface area contributed by atoms with Crippen molar-refractivity contribution in [1.82, 2.24) is 9.80 Å². The summed E-state index contributed by atoms with van der Waals surface area (Å²) in [7, 11) is 0. The lowest BCUT2D eigenvalue weighted by Crippen LogP contribution is -2.45. The third kappa shape index (κ3) is 8.25. The summed E-state index contributed by atoms with van der Waals surface area (Å²) in [6.45, 7) is 6.17. The van der Waals surface area contributed by atoms with Gasteiger partial charge >= 0.3 is 0 Å². The number of unbranched alkanes of at least 4 members (excludes halogenated alkanes) is 5. The summed E-state index contributed by atoms with van der Waals surface area (Å²) in [5, 5.41) is 0. The van der Waals surface area contributed by atoms with E-state index in [0.29, 0.717) is 49.9 Å². The van der Waals surface area contributed by atoms with Crippen LogP contribution in [-0.2, 0) is 27.4 Å². The van der Waals surface area contributed by atoms with Gasteiger partial charge in [-0.3, -0.25) is 9.59 Å². The molecule has 8 heteroatoms. The van der Waals surface area contributed by atoms with E-state index < -0.39 is 0 Å². The number of hydrogen-bond donors (Lipinski definition) is 0. The van der Waals surface area contributed by atoms with E-state index in [2.05, 4.69) is 6.92 Å². The molecule has 4 rings (SSSR count). The summed E-state index contributed by atoms with van der Waals surface area (Å²) in [4.78, 5) is 30.5. The van der Waals surface area contributed by atoms with Crippen molar-refractivity contribution >= 4 is 11.8 Å². The van der Waals surface area contributed by atoms with Crippen molar-refractivity contribution < 1.29 is 28.2 Å². The third-order valence-corrected chi connectivity index (χ3v) is 7.18. The highest BCUT2D eigenvalue weighted by atomic mass is 16.7. The molecular weight excluding hydrogens is 484 g/mol. The number of aryl methyl sites for hydroxylation is 1. The number of rotatable bonds is 15. The highest BCUT2D eigenvalue weighted by Crippen LogP contribution is 2.33. The third-order valence-electron chi connectivity index (χ3n) is 7.18. The molecule has 2 aliphatic heterocycles. The van der Waals surface area contributed by atoms with E-state index in [9.17, 15) is 9.59 Å². The van der Waals surface area contributed by atoms with Crippen molar-refractivity contribution in [2.75, 3.05) is 26.5 Å². The summed E-state index contributed by atoms with van der Waals surface area (Å²) >= 11 is 0. The van der Waals surface area contributed by atoms with Crippen LogP contribution in [0.15, 0.2) is 34.7 Å². The molecule has 0 N–H and O–H groups in total. The van der Waals surface area contributed by atoms with Gasteiger partial charge in [0.25, 0.3) is 0 Å².